The summed E-state index contributed by atoms with van der Waals surface area (Å²) in [6.07, 6.45) is 0.470. The number of hydrogen-bond acceptors (Lipinski definition) is 4. The first-order valence-corrected chi connectivity index (χ1v) is 5.94. The van der Waals surface area contributed by atoms with Crippen molar-refractivity contribution in [3.63, 3.8) is 0 Å². The number of aliphatic hydroxyl groups is 1. The van der Waals surface area contributed by atoms with Crippen molar-refractivity contribution in [2.24, 2.45) is 0 Å². The molecule has 0 aliphatic rings. The molecule has 0 saturated carbocycles. The molecule has 1 aromatic carbocycles. The Morgan fingerprint density at radius 2 is 2.29 bits per heavy atom. The zero-order chi connectivity index (χ0) is 12.4. The fourth-order valence-corrected chi connectivity index (χ4v) is 2.33. The van der Waals surface area contributed by atoms with Gasteiger partial charge in [0.25, 0.3) is 0 Å². The Hall–Kier alpha value is -1.17. The molecule has 1 atom stereocenters. The molecule has 90 valence electrons. The Kier molecular flexibility index (Phi) is 3.61. The minimum absolute atomic E-state index is 0.137. The third-order valence-corrected chi connectivity index (χ3v) is 3.39. The minimum atomic E-state index is -0.979. The van der Waals surface area contributed by atoms with Crippen LogP contribution in [0.25, 0.3) is 0 Å². The molecular weight excluding hydrogens is 265 g/mol. The van der Waals surface area contributed by atoms with E-state index in [1.54, 1.807) is 6.07 Å². The van der Waals surface area contributed by atoms with Crippen LogP contribution in [0.15, 0.2) is 24.4 Å². The lowest BCUT2D eigenvalue weighted by molar-refractivity contribution is 0.219. The molecule has 2 rings (SSSR count). The van der Waals surface area contributed by atoms with E-state index in [2.05, 4.69) is 4.98 Å². The standard InChI is InChI=1S/C11H9ClFNO2S/c1-16-8-3-2-6(4-7(8)13)10(15)11-14-5-9(12)17-11/h2-5,10,15H,1H3. The van der Waals surface area contributed by atoms with Gasteiger partial charge in [0.15, 0.2) is 11.6 Å². The minimum Gasteiger partial charge on any atom is -0.494 e. The molecule has 0 radical (unpaired) electrons. The summed E-state index contributed by atoms with van der Waals surface area (Å²) in [7, 11) is 1.38. The summed E-state index contributed by atoms with van der Waals surface area (Å²) in [4.78, 5) is 3.95. The molecule has 0 aliphatic heterocycles. The van der Waals surface area contributed by atoms with Crippen molar-refractivity contribution in [1.29, 1.82) is 0 Å². The predicted molar refractivity (Wildman–Crippen MR) is 64.1 cm³/mol. The molecule has 2 aromatic rings. The second kappa shape index (κ2) is 5.00. The molecule has 3 nitrogen and oxygen atoms in total. The van der Waals surface area contributed by atoms with Gasteiger partial charge in [-0.2, -0.15) is 0 Å². The third-order valence-electron chi connectivity index (χ3n) is 2.22. The number of nitrogens with zero attached hydrogens (tertiary/aromatic N) is 1. The van der Waals surface area contributed by atoms with Crippen LogP contribution in [-0.2, 0) is 0 Å². The van der Waals surface area contributed by atoms with E-state index >= 15 is 0 Å². The molecule has 0 saturated heterocycles. The summed E-state index contributed by atoms with van der Waals surface area (Å²) in [5.41, 5.74) is 0.411. The van der Waals surface area contributed by atoms with Gasteiger partial charge in [-0.15, -0.1) is 11.3 Å². The van der Waals surface area contributed by atoms with Crippen molar-refractivity contribution < 1.29 is 14.2 Å². The first-order valence-electron chi connectivity index (χ1n) is 4.74. The Morgan fingerprint density at radius 3 is 2.82 bits per heavy atom. The maximum Gasteiger partial charge on any atom is 0.165 e. The van der Waals surface area contributed by atoms with Gasteiger partial charge in [0.1, 0.15) is 15.4 Å². The highest BCUT2D eigenvalue weighted by atomic mass is 35.5. The normalized spacial score (nSPS) is 12.5. The number of hydrogen-bond donors (Lipinski definition) is 1. The Labute approximate surface area is 106 Å². The van der Waals surface area contributed by atoms with Crippen molar-refractivity contribution in [3.8, 4) is 5.75 Å². The SMILES string of the molecule is COc1ccc(C(O)c2ncc(Cl)s2)cc1F. The first kappa shape index (κ1) is 12.3. The Morgan fingerprint density at radius 1 is 1.53 bits per heavy atom. The molecule has 0 aliphatic carbocycles. The number of rotatable bonds is 3. The van der Waals surface area contributed by atoms with E-state index in [1.807, 2.05) is 0 Å². The second-order valence-electron chi connectivity index (χ2n) is 3.30. The predicted octanol–water partition coefficient (Wildman–Crippen LogP) is 3.03. The van der Waals surface area contributed by atoms with Crippen LogP contribution in [0.4, 0.5) is 4.39 Å². The summed E-state index contributed by atoms with van der Waals surface area (Å²) in [6.45, 7) is 0. The quantitative estimate of drug-likeness (QED) is 0.935. The van der Waals surface area contributed by atoms with Gasteiger partial charge in [-0.3, -0.25) is 0 Å². The molecule has 1 aromatic heterocycles. The van der Waals surface area contributed by atoms with E-state index in [0.29, 0.717) is 14.9 Å². The van der Waals surface area contributed by atoms with Crippen molar-refractivity contribution >= 4 is 22.9 Å². The lowest BCUT2D eigenvalue weighted by Gasteiger charge is -2.09. The molecule has 1 N–H and O–H groups in total. The van der Waals surface area contributed by atoms with E-state index in [4.69, 9.17) is 16.3 Å². The highest BCUT2D eigenvalue weighted by Gasteiger charge is 2.16. The fourth-order valence-electron chi connectivity index (χ4n) is 1.39. The number of halogens is 2. The van der Waals surface area contributed by atoms with E-state index in [0.717, 1.165) is 11.3 Å². The number of ether oxygens (including phenoxy) is 1. The molecule has 17 heavy (non-hydrogen) atoms. The molecule has 0 bridgehead atoms. The zero-order valence-electron chi connectivity index (χ0n) is 8.85. The van der Waals surface area contributed by atoms with Crippen molar-refractivity contribution in [3.05, 3.63) is 45.1 Å². The first-order chi connectivity index (χ1) is 8.11. The summed E-state index contributed by atoms with van der Waals surface area (Å²) < 4.78 is 18.7. The molecule has 6 heteroatoms. The average Bonchev–Trinajstić information content (AvgIpc) is 2.75. The maximum absolute atomic E-state index is 13.5. The highest BCUT2D eigenvalue weighted by molar-refractivity contribution is 7.15. The van der Waals surface area contributed by atoms with Gasteiger partial charge in [-0.05, 0) is 17.7 Å². The monoisotopic (exact) mass is 273 g/mol. The van der Waals surface area contributed by atoms with E-state index in [9.17, 15) is 9.50 Å². The molecule has 0 amide bonds. The summed E-state index contributed by atoms with van der Waals surface area (Å²) in [5.74, 6) is -0.384. The van der Waals surface area contributed by atoms with Crippen molar-refractivity contribution in [2.75, 3.05) is 7.11 Å². The molecule has 1 unspecified atom stereocenters. The van der Waals surface area contributed by atoms with Crippen molar-refractivity contribution in [1.82, 2.24) is 4.98 Å². The maximum atomic E-state index is 13.5. The van der Waals surface area contributed by atoms with Crippen LogP contribution in [0.2, 0.25) is 4.34 Å². The number of aliphatic hydroxyl groups excluding tert-OH is 1. The van der Waals surface area contributed by atoms with Crippen LogP contribution in [0.1, 0.15) is 16.7 Å². The molecule has 0 fully saturated rings. The van der Waals surface area contributed by atoms with Gasteiger partial charge in [-0.1, -0.05) is 17.7 Å². The third kappa shape index (κ3) is 2.57. The van der Waals surface area contributed by atoms with Crippen LogP contribution < -0.4 is 4.74 Å². The number of methoxy groups -OCH3 is 1. The number of aromatic nitrogens is 1. The van der Waals surface area contributed by atoms with Crippen LogP contribution in [0, 0.1) is 5.82 Å². The molecule has 0 spiro atoms. The van der Waals surface area contributed by atoms with E-state index in [-0.39, 0.29) is 5.75 Å². The van der Waals surface area contributed by atoms with Gasteiger partial charge in [0.05, 0.1) is 13.3 Å². The van der Waals surface area contributed by atoms with Crippen LogP contribution in [-0.4, -0.2) is 17.2 Å². The second-order valence-corrected chi connectivity index (χ2v) is 4.99. The van der Waals surface area contributed by atoms with Gasteiger partial charge >= 0.3 is 0 Å². The lowest BCUT2D eigenvalue weighted by Crippen LogP contribution is -2.00. The number of thiazole rings is 1. The molecular formula is C11H9ClFNO2S. The summed E-state index contributed by atoms with van der Waals surface area (Å²) >= 11 is 6.88. The highest BCUT2D eigenvalue weighted by Crippen LogP contribution is 2.30. The topological polar surface area (TPSA) is 42.4 Å². The molecule has 1 heterocycles. The fraction of sp³-hybridized carbons (Fsp3) is 0.182. The number of benzene rings is 1. The van der Waals surface area contributed by atoms with E-state index < -0.39 is 11.9 Å². The largest absolute Gasteiger partial charge is 0.494 e. The Balaban J connectivity index is 2.31. The summed E-state index contributed by atoms with van der Waals surface area (Å²) in [6, 6.07) is 4.27. The Bertz CT molecular complexity index is 532. The summed E-state index contributed by atoms with van der Waals surface area (Å²) in [5, 5.41) is 10.4. The lowest BCUT2D eigenvalue weighted by atomic mass is 10.1. The van der Waals surface area contributed by atoms with Gasteiger partial charge in [-0.25, -0.2) is 9.37 Å². The zero-order valence-corrected chi connectivity index (χ0v) is 10.4. The van der Waals surface area contributed by atoms with Crippen molar-refractivity contribution in [2.45, 2.75) is 6.10 Å². The van der Waals surface area contributed by atoms with Gasteiger partial charge in [0.2, 0.25) is 0 Å². The van der Waals surface area contributed by atoms with Crippen LogP contribution in [0.5, 0.6) is 5.75 Å². The van der Waals surface area contributed by atoms with Gasteiger partial charge in [0, 0.05) is 0 Å². The van der Waals surface area contributed by atoms with Crippen LogP contribution in [0.3, 0.4) is 0 Å². The van der Waals surface area contributed by atoms with E-state index in [1.165, 1.54) is 25.4 Å². The smallest absolute Gasteiger partial charge is 0.165 e. The van der Waals surface area contributed by atoms with Crippen LogP contribution >= 0.6 is 22.9 Å². The van der Waals surface area contributed by atoms with Gasteiger partial charge < -0.3 is 9.84 Å². The average molecular weight is 274 g/mol.